The molecule has 0 atom stereocenters. The molecule has 1 aliphatic rings. The van der Waals surface area contributed by atoms with Crippen molar-refractivity contribution in [2.24, 2.45) is 0 Å². The Kier molecular flexibility index (Phi) is 3.87. The summed E-state index contributed by atoms with van der Waals surface area (Å²) in [6.07, 6.45) is 3.51. The standard InChI is InChI=1S/C15H19N3OS/c1-11-5-6-12-13(9-11)20-15(17-12)16-10-14(19)18-7-3-2-4-8-18/h5-6,9H,2-4,7-8,10H2,1H3,(H,16,17). The quantitative estimate of drug-likeness (QED) is 0.944. The molecule has 0 radical (unpaired) electrons. The number of anilines is 1. The largest absolute Gasteiger partial charge is 0.352 e. The Morgan fingerprint density at radius 3 is 2.95 bits per heavy atom. The molecule has 1 aromatic carbocycles. The van der Waals surface area contributed by atoms with Crippen molar-refractivity contribution in [3.63, 3.8) is 0 Å². The predicted octanol–water partition coefficient (Wildman–Crippen LogP) is 3.03. The van der Waals surface area contributed by atoms with Gasteiger partial charge in [-0.05, 0) is 43.9 Å². The number of amides is 1. The van der Waals surface area contributed by atoms with E-state index in [4.69, 9.17) is 0 Å². The van der Waals surface area contributed by atoms with Gasteiger partial charge in [0.25, 0.3) is 0 Å². The van der Waals surface area contributed by atoms with Crippen molar-refractivity contribution in [3.05, 3.63) is 23.8 Å². The van der Waals surface area contributed by atoms with E-state index in [1.54, 1.807) is 11.3 Å². The van der Waals surface area contributed by atoms with E-state index in [1.807, 2.05) is 11.0 Å². The van der Waals surface area contributed by atoms with E-state index in [1.165, 1.54) is 12.0 Å². The fourth-order valence-electron chi connectivity index (χ4n) is 2.51. The zero-order valence-electron chi connectivity index (χ0n) is 11.7. The molecule has 106 valence electrons. The zero-order valence-corrected chi connectivity index (χ0v) is 12.5. The van der Waals surface area contributed by atoms with Crippen LogP contribution < -0.4 is 5.32 Å². The molecule has 2 aromatic rings. The third-order valence-corrected chi connectivity index (χ3v) is 4.62. The molecule has 0 bridgehead atoms. The molecule has 1 N–H and O–H groups in total. The van der Waals surface area contributed by atoms with Crippen molar-refractivity contribution in [1.29, 1.82) is 0 Å². The molecule has 3 rings (SSSR count). The van der Waals surface area contributed by atoms with Crippen molar-refractivity contribution in [2.45, 2.75) is 26.2 Å². The van der Waals surface area contributed by atoms with Gasteiger partial charge in [-0.1, -0.05) is 17.4 Å². The lowest BCUT2D eigenvalue weighted by Crippen LogP contribution is -2.39. The normalized spacial score (nSPS) is 15.6. The second-order valence-electron chi connectivity index (χ2n) is 5.29. The van der Waals surface area contributed by atoms with Gasteiger partial charge >= 0.3 is 0 Å². The average molecular weight is 289 g/mol. The molecule has 1 amide bonds. The van der Waals surface area contributed by atoms with Crippen LogP contribution in [0.4, 0.5) is 5.13 Å². The van der Waals surface area contributed by atoms with Crippen LogP contribution in [0.1, 0.15) is 24.8 Å². The topological polar surface area (TPSA) is 45.2 Å². The SMILES string of the molecule is Cc1ccc2nc(NCC(=O)N3CCCCC3)sc2c1. The Morgan fingerprint density at radius 2 is 2.15 bits per heavy atom. The van der Waals surface area contributed by atoms with Gasteiger partial charge < -0.3 is 10.2 Å². The second kappa shape index (κ2) is 5.79. The maximum Gasteiger partial charge on any atom is 0.241 e. The number of thiazole rings is 1. The van der Waals surface area contributed by atoms with Gasteiger partial charge in [0.05, 0.1) is 16.8 Å². The summed E-state index contributed by atoms with van der Waals surface area (Å²) in [6, 6.07) is 6.22. The van der Waals surface area contributed by atoms with Crippen LogP contribution in [-0.4, -0.2) is 35.4 Å². The fourth-order valence-corrected chi connectivity index (χ4v) is 3.47. The molecule has 0 saturated carbocycles. The van der Waals surface area contributed by atoms with Gasteiger partial charge in [0.2, 0.25) is 5.91 Å². The zero-order chi connectivity index (χ0) is 13.9. The molecular weight excluding hydrogens is 270 g/mol. The van der Waals surface area contributed by atoms with Crippen molar-refractivity contribution >= 4 is 32.6 Å². The van der Waals surface area contributed by atoms with E-state index in [-0.39, 0.29) is 5.91 Å². The highest BCUT2D eigenvalue weighted by Gasteiger charge is 2.16. The molecule has 1 aromatic heterocycles. The summed E-state index contributed by atoms with van der Waals surface area (Å²) in [5, 5.41) is 4.00. The van der Waals surface area contributed by atoms with Gasteiger partial charge in [0.1, 0.15) is 0 Å². The van der Waals surface area contributed by atoms with Crippen LogP contribution in [-0.2, 0) is 4.79 Å². The highest BCUT2D eigenvalue weighted by molar-refractivity contribution is 7.22. The minimum absolute atomic E-state index is 0.181. The number of nitrogens with zero attached hydrogens (tertiary/aromatic N) is 2. The lowest BCUT2D eigenvalue weighted by molar-refractivity contribution is -0.130. The van der Waals surface area contributed by atoms with Crippen LogP contribution in [0.3, 0.4) is 0 Å². The van der Waals surface area contributed by atoms with Crippen LogP contribution in [0.25, 0.3) is 10.2 Å². The van der Waals surface area contributed by atoms with Gasteiger partial charge in [-0.15, -0.1) is 0 Å². The van der Waals surface area contributed by atoms with Gasteiger partial charge in [-0.25, -0.2) is 4.98 Å². The Bertz CT molecular complexity index is 617. The first kappa shape index (κ1) is 13.4. The number of nitrogens with one attached hydrogen (secondary N) is 1. The summed E-state index contributed by atoms with van der Waals surface area (Å²) < 4.78 is 1.16. The van der Waals surface area contributed by atoms with Crippen LogP contribution in [0, 0.1) is 6.92 Å². The Morgan fingerprint density at radius 1 is 1.35 bits per heavy atom. The van der Waals surface area contributed by atoms with Crippen LogP contribution >= 0.6 is 11.3 Å². The van der Waals surface area contributed by atoms with Crippen LogP contribution in [0.15, 0.2) is 18.2 Å². The van der Waals surface area contributed by atoms with Gasteiger partial charge in [-0.3, -0.25) is 4.79 Å². The first-order valence-corrected chi connectivity index (χ1v) is 7.93. The number of hydrogen-bond donors (Lipinski definition) is 1. The Balaban J connectivity index is 1.63. The molecular formula is C15H19N3OS. The van der Waals surface area contributed by atoms with Crippen molar-refractivity contribution in [1.82, 2.24) is 9.88 Å². The highest BCUT2D eigenvalue weighted by Crippen LogP contribution is 2.26. The van der Waals surface area contributed by atoms with Gasteiger partial charge in [0, 0.05) is 13.1 Å². The minimum Gasteiger partial charge on any atom is -0.352 e. The van der Waals surface area contributed by atoms with Gasteiger partial charge in [-0.2, -0.15) is 0 Å². The molecule has 2 heterocycles. The van der Waals surface area contributed by atoms with Crippen molar-refractivity contribution in [2.75, 3.05) is 25.0 Å². The summed E-state index contributed by atoms with van der Waals surface area (Å²) >= 11 is 1.61. The molecule has 1 aliphatic heterocycles. The first-order valence-electron chi connectivity index (χ1n) is 7.11. The number of hydrogen-bond acceptors (Lipinski definition) is 4. The average Bonchev–Trinajstić information content (AvgIpc) is 2.87. The molecule has 1 saturated heterocycles. The van der Waals surface area contributed by atoms with E-state index in [0.717, 1.165) is 41.3 Å². The number of likely N-dealkylation sites (tertiary alicyclic amines) is 1. The Hall–Kier alpha value is -1.62. The minimum atomic E-state index is 0.181. The van der Waals surface area contributed by atoms with E-state index in [2.05, 4.69) is 29.4 Å². The first-order chi connectivity index (χ1) is 9.72. The van der Waals surface area contributed by atoms with E-state index in [0.29, 0.717) is 6.54 Å². The monoisotopic (exact) mass is 289 g/mol. The molecule has 0 aliphatic carbocycles. The number of piperidine rings is 1. The van der Waals surface area contributed by atoms with E-state index >= 15 is 0 Å². The molecule has 5 heteroatoms. The lowest BCUT2D eigenvalue weighted by atomic mass is 10.1. The second-order valence-corrected chi connectivity index (χ2v) is 6.32. The maximum atomic E-state index is 12.1. The number of aryl methyl sites for hydroxylation is 1. The molecule has 4 nitrogen and oxygen atoms in total. The van der Waals surface area contributed by atoms with Crippen LogP contribution in [0.2, 0.25) is 0 Å². The molecule has 1 fully saturated rings. The van der Waals surface area contributed by atoms with E-state index < -0.39 is 0 Å². The summed E-state index contributed by atoms with van der Waals surface area (Å²) in [5.41, 5.74) is 2.23. The molecule has 0 unspecified atom stereocenters. The lowest BCUT2D eigenvalue weighted by Gasteiger charge is -2.26. The van der Waals surface area contributed by atoms with E-state index in [9.17, 15) is 4.79 Å². The number of aromatic nitrogens is 1. The molecule has 20 heavy (non-hydrogen) atoms. The van der Waals surface area contributed by atoms with Crippen molar-refractivity contribution in [3.8, 4) is 0 Å². The number of fused-ring (bicyclic) bond motifs is 1. The summed E-state index contributed by atoms with van der Waals surface area (Å²) in [7, 11) is 0. The number of carbonyl (C=O) groups excluding carboxylic acids is 1. The maximum absolute atomic E-state index is 12.1. The smallest absolute Gasteiger partial charge is 0.241 e. The Labute approximate surface area is 122 Å². The van der Waals surface area contributed by atoms with Gasteiger partial charge in [0.15, 0.2) is 5.13 Å². The fraction of sp³-hybridized carbons (Fsp3) is 0.467. The summed E-state index contributed by atoms with van der Waals surface area (Å²) in [6.45, 7) is 4.23. The summed E-state index contributed by atoms with van der Waals surface area (Å²) in [4.78, 5) is 18.5. The predicted molar refractivity (Wildman–Crippen MR) is 83.3 cm³/mol. The molecule has 0 spiro atoms. The number of rotatable bonds is 3. The highest BCUT2D eigenvalue weighted by atomic mass is 32.1. The third-order valence-electron chi connectivity index (χ3n) is 3.64. The van der Waals surface area contributed by atoms with Crippen LogP contribution in [0.5, 0.6) is 0 Å². The number of carbonyl (C=O) groups is 1. The number of benzene rings is 1. The third kappa shape index (κ3) is 2.93. The summed E-state index contributed by atoms with van der Waals surface area (Å²) in [5.74, 6) is 0.181. The van der Waals surface area contributed by atoms with Crippen molar-refractivity contribution < 1.29 is 4.79 Å².